The van der Waals surface area contributed by atoms with Crippen LogP contribution in [-0.2, 0) is 16.1 Å². The minimum atomic E-state index is -0.408. The van der Waals surface area contributed by atoms with Crippen molar-refractivity contribution in [2.75, 3.05) is 20.8 Å². The molecule has 0 spiro atoms. The second kappa shape index (κ2) is 7.08. The van der Waals surface area contributed by atoms with Crippen LogP contribution in [0.25, 0.3) is 6.08 Å². The zero-order valence-electron chi connectivity index (χ0n) is 13.6. The van der Waals surface area contributed by atoms with Crippen molar-refractivity contribution in [2.45, 2.75) is 6.61 Å². The van der Waals surface area contributed by atoms with E-state index >= 15 is 0 Å². The minimum absolute atomic E-state index is 0.0954. The van der Waals surface area contributed by atoms with E-state index in [-0.39, 0.29) is 13.2 Å². The zero-order valence-corrected chi connectivity index (χ0v) is 13.6. The van der Waals surface area contributed by atoms with Gasteiger partial charge in [-0.15, -0.1) is 0 Å². The number of ether oxygens (including phenoxy) is 4. The fourth-order valence-corrected chi connectivity index (χ4v) is 2.46. The van der Waals surface area contributed by atoms with Crippen molar-refractivity contribution in [1.82, 2.24) is 0 Å². The monoisotopic (exact) mass is 326 g/mol. The molecule has 1 heterocycles. The van der Waals surface area contributed by atoms with Crippen molar-refractivity contribution in [1.29, 1.82) is 0 Å². The molecule has 0 aliphatic carbocycles. The fraction of sp³-hybridized carbons (Fsp3) is 0.211. The van der Waals surface area contributed by atoms with Crippen LogP contribution in [0.15, 0.2) is 48.0 Å². The molecule has 2 aromatic carbocycles. The Morgan fingerprint density at radius 1 is 1.12 bits per heavy atom. The SMILES string of the molecule is COc1ccc(OC)c(COC(=O)C2=Cc3ccccc3OC2)c1. The molecular formula is C19H18O5. The molecule has 5 heteroatoms. The normalized spacial score (nSPS) is 12.5. The molecule has 0 saturated carbocycles. The summed E-state index contributed by atoms with van der Waals surface area (Å²) in [6.45, 7) is 0.295. The van der Waals surface area contributed by atoms with Crippen molar-refractivity contribution < 1.29 is 23.7 Å². The third kappa shape index (κ3) is 3.35. The molecule has 5 nitrogen and oxygen atoms in total. The number of carbonyl (C=O) groups is 1. The molecule has 0 bridgehead atoms. The predicted octanol–water partition coefficient (Wildman–Crippen LogP) is 3.22. The van der Waals surface area contributed by atoms with Gasteiger partial charge >= 0.3 is 5.97 Å². The summed E-state index contributed by atoms with van der Waals surface area (Å²) in [6, 6.07) is 12.9. The molecule has 0 aromatic heterocycles. The van der Waals surface area contributed by atoms with Gasteiger partial charge in [0.15, 0.2) is 0 Å². The highest BCUT2D eigenvalue weighted by atomic mass is 16.5. The molecule has 0 N–H and O–H groups in total. The van der Waals surface area contributed by atoms with Crippen molar-refractivity contribution in [2.24, 2.45) is 0 Å². The van der Waals surface area contributed by atoms with Gasteiger partial charge < -0.3 is 18.9 Å². The second-order valence-electron chi connectivity index (χ2n) is 5.25. The molecule has 0 atom stereocenters. The Bertz CT molecular complexity index is 779. The molecule has 0 fully saturated rings. The Hall–Kier alpha value is -2.95. The summed E-state index contributed by atoms with van der Waals surface area (Å²) in [5.41, 5.74) is 2.09. The highest BCUT2D eigenvalue weighted by Crippen LogP contribution is 2.27. The van der Waals surface area contributed by atoms with E-state index in [0.29, 0.717) is 17.1 Å². The van der Waals surface area contributed by atoms with Gasteiger partial charge in [0, 0.05) is 11.1 Å². The van der Waals surface area contributed by atoms with Crippen molar-refractivity contribution in [3.8, 4) is 17.2 Å². The average Bonchev–Trinajstić information content (AvgIpc) is 2.65. The van der Waals surface area contributed by atoms with E-state index in [9.17, 15) is 4.79 Å². The van der Waals surface area contributed by atoms with Gasteiger partial charge in [-0.3, -0.25) is 0 Å². The molecular weight excluding hydrogens is 308 g/mol. The lowest BCUT2D eigenvalue weighted by Gasteiger charge is -2.17. The van der Waals surface area contributed by atoms with Gasteiger partial charge in [-0.05, 0) is 30.3 Å². The van der Waals surface area contributed by atoms with Crippen LogP contribution in [0.5, 0.6) is 17.2 Å². The lowest BCUT2D eigenvalue weighted by molar-refractivity contribution is -0.140. The number of esters is 1. The maximum Gasteiger partial charge on any atom is 0.337 e. The summed E-state index contributed by atoms with van der Waals surface area (Å²) < 4.78 is 21.5. The van der Waals surface area contributed by atoms with Crippen molar-refractivity contribution in [3.63, 3.8) is 0 Å². The van der Waals surface area contributed by atoms with Crippen LogP contribution in [0.1, 0.15) is 11.1 Å². The largest absolute Gasteiger partial charge is 0.497 e. The van der Waals surface area contributed by atoms with Crippen LogP contribution in [0.2, 0.25) is 0 Å². The van der Waals surface area contributed by atoms with Gasteiger partial charge in [0.25, 0.3) is 0 Å². The number of methoxy groups -OCH3 is 2. The lowest BCUT2D eigenvalue weighted by atomic mass is 10.1. The molecule has 0 unspecified atom stereocenters. The first-order valence-electron chi connectivity index (χ1n) is 7.51. The van der Waals surface area contributed by atoms with E-state index in [4.69, 9.17) is 18.9 Å². The lowest BCUT2D eigenvalue weighted by Crippen LogP contribution is -2.17. The zero-order chi connectivity index (χ0) is 16.9. The number of rotatable bonds is 5. The smallest absolute Gasteiger partial charge is 0.337 e. The van der Waals surface area contributed by atoms with Crippen LogP contribution in [0.3, 0.4) is 0 Å². The second-order valence-corrected chi connectivity index (χ2v) is 5.25. The number of para-hydroxylation sites is 1. The van der Waals surface area contributed by atoms with Crippen LogP contribution in [-0.4, -0.2) is 26.8 Å². The fourth-order valence-electron chi connectivity index (χ4n) is 2.46. The molecule has 24 heavy (non-hydrogen) atoms. The topological polar surface area (TPSA) is 54.0 Å². The summed E-state index contributed by atoms with van der Waals surface area (Å²) in [4.78, 5) is 12.3. The third-order valence-electron chi connectivity index (χ3n) is 3.74. The summed E-state index contributed by atoms with van der Waals surface area (Å²) in [5, 5.41) is 0. The van der Waals surface area contributed by atoms with Crippen molar-refractivity contribution in [3.05, 3.63) is 59.2 Å². The third-order valence-corrected chi connectivity index (χ3v) is 3.74. The Balaban J connectivity index is 1.72. The van der Waals surface area contributed by atoms with E-state index in [1.807, 2.05) is 24.3 Å². The number of fused-ring (bicyclic) bond motifs is 1. The van der Waals surface area contributed by atoms with Crippen LogP contribution in [0.4, 0.5) is 0 Å². The Labute approximate surface area is 140 Å². The summed E-state index contributed by atoms with van der Waals surface area (Å²) in [6.07, 6.45) is 1.80. The van der Waals surface area contributed by atoms with Crippen LogP contribution in [0, 0.1) is 0 Å². The van der Waals surface area contributed by atoms with Gasteiger partial charge in [-0.2, -0.15) is 0 Å². The van der Waals surface area contributed by atoms with Gasteiger partial charge in [-0.1, -0.05) is 18.2 Å². The Morgan fingerprint density at radius 3 is 2.75 bits per heavy atom. The molecule has 124 valence electrons. The first-order valence-corrected chi connectivity index (χ1v) is 7.51. The molecule has 3 rings (SSSR count). The van der Waals surface area contributed by atoms with Gasteiger partial charge in [0.1, 0.15) is 30.5 Å². The summed E-state index contributed by atoms with van der Waals surface area (Å²) in [7, 11) is 3.15. The maximum absolute atomic E-state index is 12.3. The Morgan fingerprint density at radius 2 is 1.96 bits per heavy atom. The van der Waals surface area contributed by atoms with Crippen molar-refractivity contribution >= 4 is 12.0 Å². The summed E-state index contributed by atoms with van der Waals surface area (Å²) >= 11 is 0. The number of hydrogen-bond donors (Lipinski definition) is 0. The average molecular weight is 326 g/mol. The van der Waals surface area contributed by atoms with E-state index in [1.165, 1.54) is 0 Å². The Kier molecular flexibility index (Phi) is 4.70. The molecule has 1 aliphatic rings. The first kappa shape index (κ1) is 15.9. The minimum Gasteiger partial charge on any atom is -0.497 e. The standard InChI is InChI=1S/C19H18O5/c1-21-16-7-8-17(22-2)14(10-16)11-24-19(20)15-9-13-5-3-4-6-18(13)23-12-15/h3-10H,11-12H2,1-2H3. The van der Waals surface area contributed by atoms with E-state index in [2.05, 4.69) is 0 Å². The van der Waals surface area contributed by atoms with Gasteiger partial charge in [0.05, 0.1) is 19.8 Å². The summed E-state index contributed by atoms with van der Waals surface area (Å²) in [5.74, 6) is 1.68. The van der Waals surface area contributed by atoms with Crippen LogP contribution < -0.4 is 14.2 Å². The van der Waals surface area contributed by atoms with E-state index in [0.717, 1.165) is 16.9 Å². The first-order chi connectivity index (χ1) is 11.7. The molecule has 1 aliphatic heterocycles. The quantitative estimate of drug-likeness (QED) is 0.790. The van der Waals surface area contributed by atoms with E-state index in [1.54, 1.807) is 38.5 Å². The maximum atomic E-state index is 12.3. The molecule has 0 radical (unpaired) electrons. The molecule has 2 aromatic rings. The predicted molar refractivity (Wildman–Crippen MR) is 89.3 cm³/mol. The highest BCUT2D eigenvalue weighted by molar-refractivity contribution is 5.95. The van der Waals surface area contributed by atoms with Gasteiger partial charge in [0.2, 0.25) is 0 Å². The highest BCUT2D eigenvalue weighted by Gasteiger charge is 2.19. The van der Waals surface area contributed by atoms with Gasteiger partial charge in [-0.25, -0.2) is 4.79 Å². The number of hydrogen-bond acceptors (Lipinski definition) is 5. The van der Waals surface area contributed by atoms with E-state index < -0.39 is 5.97 Å². The van der Waals surface area contributed by atoms with Crippen LogP contribution >= 0.6 is 0 Å². The molecule has 0 amide bonds. The number of carbonyl (C=O) groups excluding carboxylic acids is 1. The molecule has 0 saturated heterocycles. The number of benzene rings is 2.